The van der Waals surface area contributed by atoms with Gasteiger partial charge in [0, 0.05) is 25.2 Å². The molecule has 1 amide bonds. The Morgan fingerprint density at radius 1 is 1.43 bits per heavy atom. The lowest BCUT2D eigenvalue weighted by Crippen LogP contribution is -2.50. The minimum atomic E-state index is -0.281. The van der Waals surface area contributed by atoms with Crippen LogP contribution in [0.2, 0.25) is 0 Å². The monoisotopic (exact) mass is 290 g/mol. The third-order valence-electron chi connectivity index (χ3n) is 4.16. The third kappa shape index (κ3) is 3.10. The zero-order valence-electron chi connectivity index (χ0n) is 12.3. The highest BCUT2D eigenvalue weighted by atomic mass is 16.5. The number of nitrogens with zero attached hydrogens (tertiary/aromatic N) is 1. The lowest BCUT2D eigenvalue weighted by Gasteiger charge is -2.36. The molecule has 1 fully saturated rings. The van der Waals surface area contributed by atoms with Gasteiger partial charge in [-0.15, -0.1) is 0 Å². The molecule has 5 heteroatoms. The number of benzene rings is 1. The second-order valence-corrected chi connectivity index (χ2v) is 5.87. The Morgan fingerprint density at radius 3 is 3.10 bits per heavy atom. The summed E-state index contributed by atoms with van der Waals surface area (Å²) >= 11 is 0. The number of hydrogen-bond acceptors (Lipinski definition) is 4. The molecule has 0 bridgehead atoms. The van der Waals surface area contributed by atoms with E-state index in [0.29, 0.717) is 13.1 Å². The molecule has 114 valence electrons. The van der Waals surface area contributed by atoms with Gasteiger partial charge in [0.05, 0.1) is 18.8 Å². The van der Waals surface area contributed by atoms with Crippen molar-refractivity contribution in [2.24, 2.45) is 0 Å². The van der Waals surface area contributed by atoms with E-state index in [1.807, 2.05) is 19.1 Å². The molecule has 0 aromatic heterocycles. The fraction of sp³-hybridized carbons (Fsp3) is 0.562. The highest BCUT2D eigenvalue weighted by Gasteiger charge is 2.28. The van der Waals surface area contributed by atoms with Gasteiger partial charge in [-0.25, -0.2) is 0 Å². The molecule has 2 aliphatic heterocycles. The van der Waals surface area contributed by atoms with Gasteiger partial charge in [0.25, 0.3) is 5.91 Å². The van der Waals surface area contributed by atoms with Crippen LogP contribution in [0.4, 0.5) is 0 Å². The third-order valence-corrected chi connectivity index (χ3v) is 4.16. The molecule has 0 spiro atoms. The Kier molecular flexibility index (Phi) is 4.24. The minimum Gasteiger partial charge on any atom is -0.394 e. The van der Waals surface area contributed by atoms with Crippen LogP contribution in [0.5, 0.6) is 0 Å². The second kappa shape index (κ2) is 6.13. The number of morpholine rings is 1. The maximum Gasteiger partial charge on any atom is 0.254 e. The van der Waals surface area contributed by atoms with Crippen molar-refractivity contribution in [1.82, 2.24) is 10.2 Å². The van der Waals surface area contributed by atoms with Crippen molar-refractivity contribution < 1.29 is 14.6 Å². The number of aliphatic hydroxyl groups excluding tert-OH is 1. The van der Waals surface area contributed by atoms with E-state index < -0.39 is 0 Å². The van der Waals surface area contributed by atoms with Gasteiger partial charge in [0.1, 0.15) is 0 Å². The molecule has 2 unspecified atom stereocenters. The van der Waals surface area contributed by atoms with E-state index in [0.717, 1.165) is 25.1 Å². The molecule has 0 aliphatic carbocycles. The van der Waals surface area contributed by atoms with Crippen LogP contribution < -0.4 is 5.32 Å². The standard InChI is InChI=1S/C16H22N2O3/c1-11-8-18(9-15(10-19)21-11)16(20)13-3-2-12-4-5-17-7-14(12)6-13/h2-3,6,11,15,17,19H,4-5,7-10H2,1H3. The van der Waals surface area contributed by atoms with Gasteiger partial charge in [-0.2, -0.15) is 0 Å². The number of ether oxygens (including phenoxy) is 1. The minimum absolute atomic E-state index is 0.0250. The molecule has 1 aromatic carbocycles. The first-order valence-corrected chi connectivity index (χ1v) is 7.55. The Hall–Kier alpha value is -1.43. The van der Waals surface area contributed by atoms with E-state index in [1.54, 1.807) is 4.90 Å². The number of rotatable bonds is 2. The zero-order chi connectivity index (χ0) is 14.8. The summed E-state index contributed by atoms with van der Waals surface area (Å²) in [5.74, 6) is 0.0250. The molecular formula is C16H22N2O3. The molecule has 1 aromatic rings. The SMILES string of the molecule is CC1CN(C(=O)c2ccc3c(c2)CNCC3)CC(CO)O1. The molecule has 2 atom stereocenters. The summed E-state index contributed by atoms with van der Waals surface area (Å²) in [7, 11) is 0. The lowest BCUT2D eigenvalue weighted by atomic mass is 9.98. The fourth-order valence-corrected chi connectivity index (χ4v) is 3.11. The van der Waals surface area contributed by atoms with Gasteiger partial charge in [0.15, 0.2) is 0 Å². The van der Waals surface area contributed by atoms with Crippen LogP contribution in [-0.2, 0) is 17.7 Å². The molecule has 2 N–H and O–H groups in total. The van der Waals surface area contributed by atoms with Crippen molar-refractivity contribution in [3.63, 3.8) is 0 Å². The summed E-state index contributed by atoms with van der Waals surface area (Å²) in [6.45, 7) is 4.73. The Morgan fingerprint density at radius 2 is 2.29 bits per heavy atom. The van der Waals surface area contributed by atoms with Crippen LogP contribution in [0.1, 0.15) is 28.4 Å². The van der Waals surface area contributed by atoms with Crippen molar-refractivity contribution in [1.29, 1.82) is 0 Å². The second-order valence-electron chi connectivity index (χ2n) is 5.87. The van der Waals surface area contributed by atoms with Crippen LogP contribution in [0.15, 0.2) is 18.2 Å². The Balaban J connectivity index is 1.78. The summed E-state index contributed by atoms with van der Waals surface area (Å²) in [6, 6.07) is 5.98. The highest BCUT2D eigenvalue weighted by molar-refractivity contribution is 5.94. The van der Waals surface area contributed by atoms with E-state index in [9.17, 15) is 9.90 Å². The topological polar surface area (TPSA) is 61.8 Å². The normalized spacial score (nSPS) is 25.5. The largest absolute Gasteiger partial charge is 0.394 e. The van der Waals surface area contributed by atoms with E-state index >= 15 is 0 Å². The number of fused-ring (bicyclic) bond motifs is 1. The maximum absolute atomic E-state index is 12.7. The van der Waals surface area contributed by atoms with Crippen LogP contribution in [0.3, 0.4) is 0 Å². The van der Waals surface area contributed by atoms with E-state index in [2.05, 4.69) is 11.4 Å². The van der Waals surface area contributed by atoms with E-state index in [4.69, 9.17) is 4.74 Å². The number of aliphatic hydroxyl groups is 1. The van der Waals surface area contributed by atoms with E-state index in [-0.39, 0.29) is 24.7 Å². The van der Waals surface area contributed by atoms with Crippen molar-refractivity contribution in [2.45, 2.75) is 32.1 Å². The molecule has 2 aliphatic rings. The first-order chi connectivity index (χ1) is 10.2. The van der Waals surface area contributed by atoms with E-state index in [1.165, 1.54) is 11.1 Å². The molecule has 1 saturated heterocycles. The summed E-state index contributed by atoms with van der Waals surface area (Å²) in [5, 5.41) is 12.6. The smallest absolute Gasteiger partial charge is 0.254 e. The number of nitrogens with one attached hydrogen (secondary N) is 1. The van der Waals surface area contributed by atoms with Gasteiger partial charge in [-0.3, -0.25) is 4.79 Å². The predicted octanol–water partition coefficient (Wildman–Crippen LogP) is 0.554. The molecule has 0 saturated carbocycles. The quantitative estimate of drug-likeness (QED) is 0.835. The van der Waals surface area contributed by atoms with Crippen molar-refractivity contribution >= 4 is 5.91 Å². The predicted molar refractivity (Wildman–Crippen MR) is 79.2 cm³/mol. The molecule has 5 nitrogen and oxygen atoms in total. The number of amides is 1. The summed E-state index contributed by atoms with van der Waals surface area (Å²) in [5.41, 5.74) is 3.27. The van der Waals surface area contributed by atoms with Gasteiger partial charge >= 0.3 is 0 Å². The maximum atomic E-state index is 12.7. The van der Waals surface area contributed by atoms with Crippen molar-refractivity contribution in [3.8, 4) is 0 Å². The molecule has 2 heterocycles. The van der Waals surface area contributed by atoms with Crippen molar-refractivity contribution in [3.05, 3.63) is 34.9 Å². The van der Waals surface area contributed by atoms with Gasteiger partial charge in [-0.05, 0) is 43.1 Å². The molecule has 3 rings (SSSR count). The number of carbonyl (C=O) groups is 1. The number of carbonyl (C=O) groups excluding carboxylic acids is 1. The fourth-order valence-electron chi connectivity index (χ4n) is 3.11. The average Bonchev–Trinajstić information content (AvgIpc) is 2.53. The average molecular weight is 290 g/mol. The molecular weight excluding hydrogens is 268 g/mol. The van der Waals surface area contributed by atoms with Gasteiger partial charge in [0.2, 0.25) is 0 Å². The van der Waals surface area contributed by atoms with Crippen LogP contribution in [-0.4, -0.2) is 54.4 Å². The Labute approximate surface area is 124 Å². The summed E-state index contributed by atoms with van der Waals surface area (Å²) in [6.07, 6.45) is 0.696. The molecule has 21 heavy (non-hydrogen) atoms. The highest BCUT2D eigenvalue weighted by Crippen LogP contribution is 2.19. The lowest BCUT2D eigenvalue weighted by molar-refractivity contribution is -0.0858. The van der Waals surface area contributed by atoms with Gasteiger partial charge < -0.3 is 20.1 Å². The van der Waals surface area contributed by atoms with Crippen molar-refractivity contribution in [2.75, 3.05) is 26.2 Å². The molecule has 0 radical (unpaired) electrons. The summed E-state index contributed by atoms with van der Waals surface area (Å²) in [4.78, 5) is 14.4. The van der Waals surface area contributed by atoms with Gasteiger partial charge in [-0.1, -0.05) is 6.07 Å². The van der Waals surface area contributed by atoms with Crippen LogP contribution in [0.25, 0.3) is 0 Å². The van der Waals surface area contributed by atoms with Crippen LogP contribution >= 0.6 is 0 Å². The zero-order valence-corrected chi connectivity index (χ0v) is 12.3. The first kappa shape index (κ1) is 14.5. The first-order valence-electron chi connectivity index (χ1n) is 7.55. The Bertz CT molecular complexity index is 532. The van der Waals surface area contributed by atoms with Crippen LogP contribution in [0, 0.1) is 0 Å². The number of hydrogen-bond donors (Lipinski definition) is 2. The summed E-state index contributed by atoms with van der Waals surface area (Å²) < 4.78 is 5.59.